The molecule has 0 aromatic heterocycles. The van der Waals surface area contributed by atoms with Gasteiger partial charge >= 0.3 is 6.61 Å². The molecule has 1 unspecified atom stereocenters. The molecule has 0 radical (unpaired) electrons. The fourth-order valence-corrected chi connectivity index (χ4v) is 1.89. The zero-order chi connectivity index (χ0) is 15.6. The second kappa shape index (κ2) is 6.09. The number of benzene rings is 2. The molecule has 0 heterocycles. The SMILES string of the molecule is NC(c1ccccc1OC(F)F)c1ccc(F)c(F)c1F. The Morgan fingerprint density at radius 3 is 2.19 bits per heavy atom. The largest absolute Gasteiger partial charge is 0.434 e. The molecule has 0 aliphatic rings. The van der Waals surface area contributed by atoms with E-state index in [0.717, 1.165) is 6.07 Å². The third-order valence-corrected chi connectivity index (χ3v) is 2.87. The van der Waals surface area contributed by atoms with Crippen LogP contribution in [0.2, 0.25) is 0 Å². The number of para-hydroxylation sites is 1. The van der Waals surface area contributed by atoms with Gasteiger partial charge in [-0.3, -0.25) is 0 Å². The van der Waals surface area contributed by atoms with E-state index in [1.807, 2.05) is 0 Å². The topological polar surface area (TPSA) is 35.2 Å². The molecular weight excluding hydrogens is 293 g/mol. The van der Waals surface area contributed by atoms with Crippen LogP contribution in [0, 0.1) is 17.5 Å². The van der Waals surface area contributed by atoms with Gasteiger partial charge in [0.05, 0.1) is 6.04 Å². The molecule has 0 fully saturated rings. The van der Waals surface area contributed by atoms with Gasteiger partial charge < -0.3 is 10.5 Å². The lowest BCUT2D eigenvalue weighted by molar-refractivity contribution is -0.0505. The van der Waals surface area contributed by atoms with Gasteiger partial charge in [0.1, 0.15) is 5.75 Å². The average molecular weight is 303 g/mol. The van der Waals surface area contributed by atoms with E-state index in [1.165, 1.54) is 24.3 Å². The minimum atomic E-state index is -3.09. The van der Waals surface area contributed by atoms with E-state index in [2.05, 4.69) is 4.74 Å². The van der Waals surface area contributed by atoms with Crippen molar-refractivity contribution >= 4 is 0 Å². The second-order valence-electron chi connectivity index (χ2n) is 4.16. The zero-order valence-corrected chi connectivity index (χ0v) is 10.5. The van der Waals surface area contributed by atoms with Gasteiger partial charge in [0.15, 0.2) is 17.5 Å². The number of halogens is 5. The molecule has 0 saturated heterocycles. The maximum atomic E-state index is 13.7. The van der Waals surface area contributed by atoms with Gasteiger partial charge in [0.2, 0.25) is 0 Å². The first-order valence-electron chi connectivity index (χ1n) is 5.84. The first-order valence-corrected chi connectivity index (χ1v) is 5.84. The van der Waals surface area contributed by atoms with Crippen LogP contribution < -0.4 is 10.5 Å². The molecule has 0 saturated carbocycles. The van der Waals surface area contributed by atoms with Gasteiger partial charge in [-0.15, -0.1) is 0 Å². The highest BCUT2D eigenvalue weighted by Gasteiger charge is 2.22. The standard InChI is InChI=1S/C14H10F5NO/c15-9-6-5-8(11(16)12(9)17)13(20)7-3-1-2-4-10(7)21-14(18)19/h1-6,13-14H,20H2. The van der Waals surface area contributed by atoms with Crippen molar-refractivity contribution in [3.63, 3.8) is 0 Å². The first-order chi connectivity index (χ1) is 9.91. The van der Waals surface area contributed by atoms with Crippen LogP contribution in [0.3, 0.4) is 0 Å². The summed E-state index contributed by atoms with van der Waals surface area (Å²) < 4.78 is 68.7. The average Bonchev–Trinajstić information content (AvgIpc) is 2.44. The van der Waals surface area contributed by atoms with E-state index in [9.17, 15) is 22.0 Å². The van der Waals surface area contributed by atoms with Crippen molar-refractivity contribution in [1.29, 1.82) is 0 Å². The first kappa shape index (κ1) is 15.2. The van der Waals surface area contributed by atoms with Gasteiger partial charge in [-0.1, -0.05) is 24.3 Å². The van der Waals surface area contributed by atoms with Crippen molar-refractivity contribution in [2.45, 2.75) is 12.7 Å². The maximum absolute atomic E-state index is 13.7. The Labute approximate surface area is 116 Å². The highest BCUT2D eigenvalue weighted by molar-refractivity contribution is 5.42. The van der Waals surface area contributed by atoms with E-state index in [0.29, 0.717) is 6.07 Å². The predicted molar refractivity (Wildman–Crippen MR) is 65.4 cm³/mol. The zero-order valence-electron chi connectivity index (χ0n) is 10.5. The van der Waals surface area contributed by atoms with E-state index < -0.39 is 30.1 Å². The Bertz CT molecular complexity index is 647. The minimum Gasteiger partial charge on any atom is -0.434 e. The van der Waals surface area contributed by atoms with E-state index in [4.69, 9.17) is 5.73 Å². The molecule has 0 aliphatic carbocycles. The number of hydrogen-bond donors (Lipinski definition) is 1. The summed E-state index contributed by atoms with van der Waals surface area (Å²) in [5.74, 6) is -4.76. The lowest BCUT2D eigenvalue weighted by Crippen LogP contribution is -2.17. The normalized spacial score (nSPS) is 12.5. The van der Waals surface area contributed by atoms with Gasteiger partial charge in [-0.2, -0.15) is 8.78 Å². The molecule has 7 heteroatoms. The lowest BCUT2D eigenvalue weighted by Gasteiger charge is -2.17. The smallest absolute Gasteiger partial charge is 0.387 e. The Kier molecular flexibility index (Phi) is 4.42. The molecule has 0 amide bonds. The summed E-state index contributed by atoms with van der Waals surface area (Å²) in [6.45, 7) is -3.09. The predicted octanol–water partition coefficient (Wildman–Crippen LogP) is 3.75. The van der Waals surface area contributed by atoms with Crippen molar-refractivity contribution < 1.29 is 26.7 Å². The second-order valence-corrected chi connectivity index (χ2v) is 4.16. The summed E-state index contributed by atoms with van der Waals surface area (Å²) in [5.41, 5.74) is 5.43. The highest BCUT2D eigenvalue weighted by Crippen LogP contribution is 2.31. The molecular formula is C14H10F5NO. The van der Waals surface area contributed by atoms with Crippen LogP contribution in [0.15, 0.2) is 36.4 Å². The van der Waals surface area contributed by atoms with Crippen LogP contribution in [0.1, 0.15) is 17.2 Å². The molecule has 2 rings (SSSR count). The fourth-order valence-electron chi connectivity index (χ4n) is 1.89. The molecule has 2 N–H and O–H groups in total. The Balaban J connectivity index is 2.45. The molecule has 2 nitrogen and oxygen atoms in total. The molecule has 21 heavy (non-hydrogen) atoms. The molecule has 2 aromatic carbocycles. The van der Waals surface area contributed by atoms with Gasteiger partial charge in [0, 0.05) is 11.1 Å². The molecule has 1 atom stereocenters. The van der Waals surface area contributed by atoms with Gasteiger partial charge in [-0.05, 0) is 12.1 Å². The summed E-state index contributed by atoms with van der Waals surface area (Å²) >= 11 is 0. The summed E-state index contributed by atoms with van der Waals surface area (Å²) in [7, 11) is 0. The Morgan fingerprint density at radius 2 is 1.52 bits per heavy atom. The third-order valence-electron chi connectivity index (χ3n) is 2.87. The minimum absolute atomic E-state index is 0.0303. The molecule has 112 valence electrons. The number of hydrogen-bond acceptors (Lipinski definition) is 2. The monoisotopic (exact) mass is 303 g/mol. The van der Waals surface area contributed by atoms with Crippen molar-refractivity contribution in [3.05, 3.63) is 65.0 Å². The van der Waals surface area contributed by atoms with Crippen molar-refractivity contribution in [2.75, 3.05) is 0 Å². The summed E-state index contributed by atoms with van der Waals surface area (Å²) in [4.78, 5) is 0. The van der Waals surface area contributed by atoms with Crippen LogP contribution in [0.4, 0.5) is 22.0 Å². The lowest BCUT2D eigenvalue weighted by atomic mass is 9.98. The molecule has 2 aromatic rings. The molecule has 0 bridgehead atoms. The molecule has 0 spiro atoms. The third kappa shape index (κ3) is 3.13. The number of alkyl halides is 2. The van der Waals surface area contributed by atoms with Crippen LogP contribution in [-0.2, 0) is 0 Å². The van der Waals surface area contributed by atoms with Crippen molar-refractivity contribution in [2.24, 2.45) is 5.73 Å². The van der Waals surface area contributed by atoms with Crippen LogP contribution in [-0.4, -0.2) is 6.61 Å². The van der Waals surface area contributed by atoms with Crippen molar-refractivity contribution in [3.8, 4) is 5.75 Å². The van der Waals surface area contributed by atoms with Crippen molar-refractivity contribution in [1.82, 2.24) is 0 Å². The van der Waals surface area contributed by atoms with Crippen LogP contribution in [0.25, 0.3) is 0 Å². The number of nitrogens with two attached hydrogens (primary N) is 1. The number of ether oxygens (including phenoxy) is 1. The van der Waals surface area contributed by atoms with Crippen LogP contribution in [0.5, 0.6) is 5.75 Å². The molecule has 0 aliphatic heterocycles. The van der Waals surface area contributed by atoms with E-state index in [-0.39, 0.29) is 16.9 Å². The van der Waals surface area contributed by atoms with Gasteiger partial charge in [0.25, 0.3) is 0 Å². The quantitative estimate of drug-likeness (QED) is 0.689. The number of rotatable bonds is 4. The Hall–Kier alpha value is -2.15. The van der Waals surface area contributed by atoms with E-state index in [1.54, 1.807) is 0 Å². The fraction of sp³-hybridized carbons (Fsp3) is 0.143. The van der Waals surface area contributed by atoms with Crippen LogP contribution >= 0.6 is 0 Å². The Morgan fingerprint density at radius 1 is 0.857 bits per heavy atom. The summed E-state index contributed by atoms with van der Waals surface area (Å²) in [5, 5.41) is 0. The summed E-state index contributed by atoms with van der Waals surface area (Å²) in [6, 6.07) is 5.85. The maximum Gasteiger partial charge on any atom is 0.387 e. The van der Waals surface area contributed by atoms with Gasteiger partial charge in [-0.25, -0.2) is 13.2 Å². The summed E-state index contributed by atoms with van der Waals surface area (Å²) in [6.07, 6.45) is 0. The highest BCUT2D eigenvalue weighted by atomic mass is 19.3. The van der Waals surface area contributed by atoms with E-state index >= 15 is 0 Å².